The zero-order chi connectivity index (χ0) is 14.5. The van der Waals surface area contributed by atoms with E-state index in [9.17, 15) is 0 Å². The molecule has 0 aliphatic heterocycles. The Labute approximate surface area is 126 Å². The van der Waals surface area contributed by atoms with Crippen molar-refractivity contribution in [3.05, 3.63) is 40.1 Å². The van der Waals surface area contributed by atoms with E-state index in [0.717, 1.165) is 21.5 Å². The third-order valence-electron chi connectivity index (χ3n) is 2.72. The highest BCUT2D eigenvalue weighted by atomic mass is 79.9. The zero-order valence-corrected chi connectivity index (χ0v) is 13.0. The highest BCUT2D eigenvalue weighted by molar-refractivity contribution is 9.10. The standard InChI is InChI=1S/C14H17BrN4O/c1-9-3-4-11(15)7-12(9)19-14-8-13(16-5-6-20)17-10(2)18-14/h3-4,7-8,20H,5-6H2,1-2H3,(H2,16,17,18,19). The van der Waals surface area contributed by atoms with Gasteiger partial charge in [-0.05, 0) is 31.5 Å². The van der Waals surface area contributed by atoms with Gasteiger partial charge in [-0.3, -0.25) is 0 Å². The summed E-state index contributed by atoms with van der Waals surface area (Å²) in [5.41, 5.74) is 2.12. The number of rotatable bonds is 5. The van der Waals surface area contributed by atoms with Crippen LogP contribution in [-0.2, 0) is 0 Å². The number of aryl methyl sites for hydroxylation is 2. The molecule has 0 aliphatic rings. The SMILES string of the molecule is Cc1nc(NCCO)cc(Nc2cc(Br)ccc2C)n1. The van der Waals surface area contributed by atoms with Crippen molar-refractivity contribution in [1.29, 1.82) is 0 Å². The molecule has 3 N–H and O–H groups in total. The van der Waals surface area contributed by atoms with Gasteiger partial charge in [-0.2, -0.15) is 0 Å². The average Bonchev–Trinajstić information content (AvgIpc) is 2.40. The molecule has 1 heterocycles. The smallest absolute Gasteiger partial charge is 0.136 e. The lowest BCUT2D eigenvalue weighted by Gasteiger charge is -2.11. The van der Waals surface area contributed by atoms with Crippen LogP contribution in [0.15, 0.2) is 28.7 Å². The van der Waals surface area contributed by atoms with Crippen molar-refractivity contribution in [1.82, 2.24) is 9.97 Å². The maximum Gasteiger partial charge on any atom is 0.136 e. The van der Waals surface area contributed by atoms with Gasteiger partial charge in [0.1, 0.15) is 17.5 Å². The number of hydrogen-bond acceptors (Lipinski definition) is 5. The molecule has 0 radical (unpaired) electrons. The van der Waals surface area contributed by atoms with Crippen molar-refractivity contribution in [3.8, 4) is 0 Å². The van der Waals surface area contributed by atoms with Crippen LogP contribution in [0.4, 0.5) is 17.3 Å². The molecule has 2 aromatic rings. The summed E-state index contributed by atoms with van der Waals surface area (Å²) in [5, 5.41) is 15.2. The quantitative estimate of drug-likeness (QED) is 0.782. The van der Waals surface area contributed by atoms with Gasteiger partial charge in [-0.1, -0.05) is 22.0 Å². The molecule has 0 unspecified atom stereocenters. The summed E-state index contributed by atoms with van der Waals surface area (Å²) in [6.07, 6.45) is 0. The van der Waals surface area contributed by atoms with Gasteiger partial charge in [-0.15, -0.1) is 0 Å². The first-order valence-corrected chi connectivity index (χ1v) is 7.11. The van der Waals surface area contributed by atoms with Gasteiger partial charge in [-0.25, -0.2) is 9.97 Å². The number of aliphatic hydroxyl groups excluding tert-OH is 1. The van der Waals surface area contributed by atoms with Crippen LogP contribution in [0.5, 0.6) is 0 Å². The number of halogens is 1. The van der Waals surface area contributed by atoms with Crippen molar-refractivity contribution in [2.75, 3.05) is 23.8 Å². The van der Waals surface area contributed by atoms with E-state index < -0.39 is 0 Å². The predicted octanol–water partition coefficient (Wildman–Crippen LogP) is 3.00. The van der Waals surface area contributed by atoms with Gasteiger partial charge in [0.2, 0.25) is 0 Å². The summed E-state index contributed by atoms with van der Waals surface area (Å²) in [6.45, 7) is 4.40. The minimum atomic E-state index is 0.0660. The highest BCUT2D eigenvalue weighted by Gasteiger charge is 2.04. The van der Waals surface area contributed by atoms with Crippen LogP contribution in [0.2, 0.25) is 0 Å². The van der Waals surface area contributed by atoms with Crippen molar-refractivity contribution in [2.24, 2.45) is 0 Å². The second kappa shape index (κ2) is 6.67. The lowest BCUT2D eigenvalue weighted by atomic mass is 10.2. The molecular weight excluding hydrogens is 320 g/mol. The first-order valence-electron chi connectivity index (χ1n) is 6.32. The molecule has 0 aliphatic carbocycles. The van der Waals surface area contributed by atoms with E-state index in [1.165, 1.54) is 0 Å². The highest BCUT2D eigenvalue weighted by Crippen LogP contribution is 2.24. The summed E-state index contributed by atoms with van der Waals surface area (Å²) < 4.78 is 1.01. The third-order valence-corrected chi connectivity index (χ3v) is 3.21. The summed E-state index contributed by atoms with van der Waals surface area (Å²) in [5.74, 6) is 2.09. The Hall–Kier alpha value is -1.66. The van der Waals surface area contributed by atoms with E-state index in [-0.39, 0.29) is 6.61 Å². The molecule has 1 aromatic heterocycles. The molecule has 1 aromatic carbocycles. The van der Waals surface area contributed by atoms with Crippen molar-refractivity contribution in [3.63, 3.8) is 0 Å². The van der Waals surface area contributed by atoms with Gasteiger partial charge in [0, 0.05) is 22.8 Å². The monoisotopic (exact) mass is 336 g/mol. The fourth-order valence-electron chi connectivity index (χ4n) is 1.77. The van der Waals surface area contributed by atoms with E-state index in [2.05, 4.69) is 36.5 Å². The number of benzene rings is 1. The van der Waals surface area contributed by atoms with Crippen LogP contribution in [-0.4, -0.2) is 28.2 Å². The van der Waals surface area contributed by atoms with Gasteiger partial charge < -0.3 is 15.7 Å². The molecule has 0 saturated heterocycles. The number of aliphatic hydroxyl groups is 1. The van der Waals surface area contributed by atoms with E-state index in [4.69, 9.17) is 5.11 Å². The Morgan fingerprint density at radius 2 is 1.90 bits per heavy atom. The third kappa shape index (κ3) is 3.91. The minimum absolute atomic E-state index is 0.0660. The van der Waals surface area contributed by atoms with E-state index in [1.807, 2.05) is 38.1 Å². The van der Waals surface area contributed by atoms with Crippen LogP contribution < -0.4 is 10.6 Å². The van der Waals surface area contributed by atoms with Gasteiger partial charge in [0.15, 0.2) is 0 Å². The van der Waals surface area contributed by atoms with Crippen molar-refractivity contribution >= 4 is 33.3 Å². The van der Waals surface area contributed by atoms with Gasteiger partial charge in [0.25, 0.3) is 0 Å². The van der Waals surface area contributed by atoms with Crippen LogP contribution in [0, 0.1) is 13.8 Å². The Bertz CT molecular complexity index is 604. The lowest BCUT2D eigenvalue weighted by Crippen LogP contribution is -2.09. The minimum Gasteiger partial charge on any atom is -0.395 e. The molecule has 0 fully saturated rings. The molecule has 2 rings (SSSR count). The molecule has 0 atom stereocenters. The molecule has 6 heteroatoms. The number of nitrogens with one attached hydrogen (secondary N) is 2. The molecule has 106 valence electrons. The Balaban J connectivity index is 2.24. The average molecular weight is 337 g/mol. The maximum absolute atomic E-state index is 8.84. The van der Waals surface area contributed by atoms with Crippen LogP contribution in [0.1, 0.15) is 11.4 Å². The summed E-state index contributed by atoms with van der Waals surface area (Å²) in [7, 11) is 0. The zero-order valence-electron chi connectivity index (χ0n) is 11.4. The number of aromatic nitrogens is 2. The molecular formula is C14H17BrN4O. The summed E-state index contributed by atoms with van der Waals surface area (Å²) in [4.78, 5) is 8.64. The predicted molar refractivity (Wildman–Crippen MR) is 84.5 cm³/mol. The second-order valence-corrected chi connectivity index (χ2v) is 5.34. The summed E-state index contributed by atoms with van der Waals surface area (Å²) >= 11 is 3.46. The van der Waals surface area contributed by atoms with E-state index in [0.29, 0.717) is 18.2 Å². The molecule has 0 amide bonds. The Morgan fingerprint density at radius 1 is 1.15 bits per heavy atom. The molecule has 5 nitrogen and oxygen atoms in total. The van der Waals surface area contributed by atoms with Crippen LogP contribution >= 0.6 is 15.9 Å². The fourth-order valence-corrected chi connectivity index (χ4v) is 2.13. The number of nitrogens with zero attached hydrogens (tertiary/aromatic N) is 2. The summed E-state index contributed by atoms with van der Waals surface area (Å²) in [6, 6.07) is 7.86. The van der Waals surface area contributed by atoms with E-state index in [1.54, 1.807) is 0 Å². The number of anilines is 3. The lowest BCUT2D eigenvalue weighted by molar-refractivity contribution is 0.311. The van der Waals surface area contributed by atoms with Gasteiger partial charge >= 0.3 is 0 Å². The first kappa shape index (κ1) is 14.7. The van der Waals surface area contributed by atoms with Crippen molar-refractivity contribution < 1.29 is 5.11 Å². The molecule has 20 heavy (non-hydrogen) atoms. The van der Waals surface area contributed by atoms with Crippen LogP contribution in [0.3, 0.4) is 0 Å². The maximum atomic E-state index is 8.84. The molecule has 0 spiro atoms. The largest absolute Gasteiger partial charge is 0.395 e. The first-order chi connectivity index (χ1) is 9.58. The fraction of sp³-hybridized carbons (Fsp3) is 0.286. The topological polar surface area (TPSA) is 70.1 Å². The molecule has 0 saturated carbocycles. The molecule has 0 bridgehead atoms. The van der Waals surface area contributed by atoms with Gasteiger partial charge in [0.05, 0.1) is 6.61 Å². The Kier molecular flexibility index (Phi) is 4.92. The normalized spacial score (nSPS) is 10.4. The number of hydrogen-bond donors (Lipinski definition) is 3. The second-order valence-electron chi connectivity index (χ2n) is 4.42. The Morgan fingerprint density at radius 3 is 2.65 bits per heavy atom. The van der Waals surface area contributed by atoms with Crippen molar-refractivity contribution in [2.45, 2.75) is 13.8 Å². The van der Waals surface area contributed by atoms with Crippen LogP contribution in [0.25, 0.3) is 0 Å². The van der Waals surface area contributed by atoms with E-state index >= 15 is 0 Å².